The van der Waals surface area contributed by atoms with Gasteiger partial charge in [0.2, 0.25) is 0 Å². The summed E-state index contributed by atoms with van der Waals surface area (Å²) < 4.78 is 5.53. The van der Waals surface area contributed by atoms with Crippen molar-refractivity contribution in [3.63, 3.8) is 0 Å². The molecule has 1 heterocycles. The Hall–Kier alpha value is -1.87. The lowest BCUT2D eigenvalue weighted by Gasteiger charge is -2.19. The molecule has 0 saturated heterocycles. The van der Waals surface area contributed by atoms with Gasteiger partial charge in [0.25, 0.3) is 0 Å². The van der Waals surface area contributed by atoms with E-state index in [0.717, 1.165) is 28.0 Å². The van der Waals surface area contributed by atoms with Gasteiger partial charge in [-0.15, -0.1) is 0 Å². The van der Waals surface area contributed by atoms with Crippen LogP contribution in [0.2, 0.25) is 0 Å². The monoisotopic (exact) mass is 256 g/mol. The number of aromatic nitrogens is 1. The number of hydrogen-bond donors (Lipinski definition) is 1. The normalized spacial score (nSPS) is 12.3. The molecule has 0 saturated carbocycles. The first-order valence-electron chi connectivity index (χ1n) is 6.35. The zero-order valence-electron chi connectivity index (χ0n) is 11.9. The summed E-state index contributed by atoms with van der Waals surface area (Å²) in [7, 11) is 1.69. The van der Waals surface area contributed by atoms with Gasteiger partial charge in [0.1, 0.15) is 5.75 Å². The minimum Gasteiger partial charge on any atom is -0.496 e. The van der Waals surface area contributed by atoms with Crippen LogP contribution in [0.5, 0.6) is 5.75 Å². The second-order valence-electron chi connectivity index (χ2n) is 4.90. The van der Waals surface area contributed by atoms with Gasteiger partial charge in [-0.3, -0.25) is 4.98 Å². The smallest absolute Gasteiger partial charge is 0.127 e. The highest BCUT2D eigenvalue weighted by molar-refractivity contribution is 5.49. The number of nitrogens with zero attached hydrogens (tertiary/aromatic N) is 1. The molecule has 0 aliphatic heterocycles. The molecule has 2 N–H and O–H groups in total. The van der Waals surface area contributed by atoms with E-state index < -0.39 is 0 Å². The Kier molecular flexibility index (Phi) is 3.86. The Morgan fingerprint density at radius 3 is 2.53 bits per heavy atom. The van der Waals surface area contributed by atoms with Crippen LogP contribution in [-0.4, -0.2) is 12.1 Å². The largest absolute Gasteiger partial charge is 0.496 e. The van der Waals surface area contributed by atoms with Crippen LogP contribution >= 0.6 is 0 Å². The Bertz CT molecular complexity index is 593. The molecule has 100 valence electrons. The first-order chi connectivity index (χ1) is 9.04. The van der Waals surface area contributed by atoms with Crippen LogP contribution in [-0.2, 0) is 0 Å². The van der Waals surface area contributed by atoms with Crippen molar-refractivity contribution in [3.8, 4) is 5.75 Å². The molecule has 1 aromatic carbocycles. The third-order valence-corrected chi connectivity index (χ3v) is 3.50. The Balaban J connectivity index is 2.50. The molecule has 0 radical (unpaired) electrons. The fourth-order valence-electron chi connectivity index (χ4n) is 2.25. The maximum Gasteiger partial charge on any atom is 0.127 e. The minimum atomic E-state index is -0.221. The van der Waals surface area contributed by atoms with Crippen LogP contribution in [0.3, 0.4) is 0 Å². The number of pyridine rings is 1. The van der Waals surface area contributed by atoms with Crippen molar-refractivity contribution in [1.29, 1.82) is 0 Å². The molecule has 3 heteroatoms. The summed E-state index contributed by atoms with van der Waals surface area (Å²) in [6.45, 7) is 6.14. The van der Waals surface area contributed by atoms with Gasteiger partial charge in [0.05, 0.1) is 13.2 Å². The van der Waals surface area contributed by atoms with Gasteiger partial charge >= 0.3 is 0 Å². The van der Waals surface area contributed by atoms with E-state index >= 15 is 0 Å². The first-order valence-corrected chi connectivity index (χ1v) is 6.35. The molecule has 3 nitrogen and oxygen atoms in total. The quantitative estimate of drug-likeness (QED) is 0.918. The molecule has 19 heavy (non-hydrogen) atoms. The van der Waals surface area contributed by atoms with E-state index in [2.05, 4.69) is 31.0 Å². The lowest BCUT2D eigenvalue weighted by molar-refractivity contribution is 0.404. The van der Waals surface area contributed by atoms with Crippen LogP contribution < -0.4 is 10.5 Å². The standard InChI is InChI=1S/C16H20N2O/c1-10-7-13(9-18-8-10)15(17)14-6-5-11(2)12(3)16(14)19-4/h5-9,15H,17H2,1-4H3. The number of ether oxygens (including phenoxy) is 1. The van der Waals surface area contributed by atoms with Crippen molar-refractivity contribution in [3.05, 3.63) is 58.4 Å². The molecule has 0 aliphatic rings. The molecule has 1 atom stereocenters. The number of aryl methyl sites for hydroxylation is 2. The fraction of sp³-hybridized carbons (Fsp3) is 0.312. The van der Waals surface area contributed by atoms with E-state index in [1.807, 2.05) is 25.4 Å². The zero-order chi connectivity index (χ0) is 14.0. The average Bonchev–Trinajstić information content (AvgIpc) is 2.41. The summed E-state index contributed by atoms with van der Waals surface area (Å²) in [4.78, 5) is 4.21. The summed E-state index contributed by atoms with van der Waals surface area (Å²) in [6, 6.07) is 5.96. The van der Waals surface area contributed by atoms with E-state index in [-0.39, 0.29) is 6.04 Å². The zero-order valence-corrected chi connectivity index (χ0v) is 11.9. The van der Waals surface area contributed by atoms with E-state index in [4.69, 9.17) is 10.5 Å². The Morgan fingerprint density at radius 2 is 1.89 bits per heavy atom. The van der Waals surface area contributed by atoms with Crippen molar-refractivity contribution >= 4 is 0 Å². The third-order valence-electron chi connectivity index (χ3n) is 3.50. The van der Waals surface area contributed by atoms with Crippen LogP contribution in [0.25, 0.3) is 0 Å². The second-order valence-corrected chi connectivity index (χ2v) is 4.90. The van der Waals surface area contributed by atoms with Crippen LogP contribution in [0.1, 0.15) is 33.9 Å². The molecule has 2 rings (SSSR count). The highest BCUT2D eigenvalue weighted by Gasteiger charge is 2.17. The predicted octanol–water partition coefficient (Wildman–Crippen LogP) is 3.06. The molecule has 0 fully saturated rings. The van der Waals surface area contributed by atoms with Crippen molar-refractivity contribution < 1.29 is 4.74 Å². The summed E-state index contributed by atoms with van der Waals surface area (Å²) in [5, 5.41) is 0. The molecule has 0 bridgehead atoms. The summed E-state index contributed by atoms with van der Waals surface area (Å²) in [5.41, 5.74) is 11.8. The molecular formula is C16H20N2O. The average molecular weight is 256 g/mol. The van der Waals surface area contributed by atoms with Gasteiger partial charge in [-0.1, -0.05) is 18.2 Å². The number of hydrogen-bond acceptors (Lipinski definition) is 3. The van der Waals surface area contributed by atoms with Crippen molar-refractivity contribution in [1.82, 2.24) is 4.98 Å². The highest BCUT2D eigenvalue weighted by atomic mass is 16.5. The molecule has 1 unspecified atom stereocenters. The number of methoxy groups -OCH3 is 1. The maximum absolute atomic E-state index is 6.36. The minimum absolute atomic E-state index is 0.221. The fourth-order valence-corrected chi connectivity index (χ4v) is 2.25. The number of nitrogens with two attached hydrogens (primary N) is 1. The molecule has 0 spiro atoms. The highest BCUT2D eigenvalue weighted by Crippen LogP contribution is 2.32. The van der Waals surface area contributed by atoms with E-state index in [1.54, 1.807) is 7.11 Å². The molecule has 0 aliphatic carbocycles. The van der Waals surface area contributed by atoms with Gasteiger partial charge in [0, 0.05) is 18.0 Å². The molecule has 1 aromatic heterocycles. The molecule has 2 aromatic rings. The van der Waals surface area contributed by atoms with Gasteiger partial charge in [-0.2, -0.15) is 0 Å². The van der Waals surface area contributed by atoms with Gasteiger partial charge < -0.3 is 10.5 Å². The number of rotatable bonds is 3. The third kappa shape index (κ3) is 2.61. The molecule has 0 amide bonds. The SMILES string of the molecule is COc1c(C(N)c2cncc(C)c2)ccc(C)c1C. The second kappa shape index (κ2) is 5.41. The van der Waals surface area contributed by atoms with Crippen LogP contribution in [0.4, 0.5) is 0 Å². The molecular weight excluding hydrogens is 236 g/mol. The lowest BCUT2D eigenvalue weighted by Crippen LogP contribution is -2.14. The van der Waals surface area contributed by atoms with Crippen molar-refractivity contribution in [2.75, 3.05) is 7.11 Å². The van der Waals surface area contributed by atoms with Crippen LogP contribution in [0.15, 0.2) is 30.6 Å². The predicted molar refractivity (Wildman–Crippen MR) is 77.5 cm³/mol. The van der Waals surface area contributed by atoms with Gasteiger partial charge in [-0.25, -0.2) is 0 Å². The van der Waals surface area contributed by atoms with Gasteiger partial charge in [0.15, 0.2) is 0 Å². The summed E-state index contributed by atoms with van der Waals surface area (Å²) in [6.07, 6.45) is 3.64. The van der Waals surface area contributed by atoms with Crippen molar-refractivity contribution in [2.24, 2.45) is 5.73 Å². The number of benzene rings is 1. The Morgan fingerprint density at radius 1 is 1.16 bits per heavy atom. The van der Waals surface area contributed by atoms with E-state index in [0.29, 0.717) is 0 Å². The first kappa shape index (κ1) is 13.6. The Labute approximate surface area is 114 Å². The van der Waals surface area contributed by atoms with E-state index in [1.165, 1.54) is 5.56 Å². The van der Waals surface area contributed by atoms with Gasteiger partial charge in [-0.05, 0) is 43.0 Å². The summed E-state index contributed by atoms with van der Waals surface area (Å²) in [5.74, 6) is 0.869. The lowest BCUT2D eigenvalue weighted by atomic mass is 9.95. The maximum atomic E-state index is 6.36. The van der Waals surface area contributed by atoms with E-state index in [9.17, 15) is 0 Å². The topological polar surface area (TPSA) is 48.1 Å². The van der Waals surface area contributed by atoms with Crippen LogP contribution in [0, 0.1) is 20.8 Å². The van der Waals surface area contributed by atoms with Crippen molar-refractivity contribution in [2.45, 2.75) is 26.8 Å². The summed E-state index contributed by atoms with van der Waals surface area (Å²) >= 11 is 0.